The molecule has 0 N–H and O–H groups in total. The van der Waals surface area contributed by atoms with E-state index >= 15 is 0 Å². The number of hydrogen-bond acceptors (Lipinski definition) is 5. The van der Waals surface area contributed by atoms with Gasteiger partial charge in [-0.25, -0.2) is 9.98 Å². The van der Waals surface area contributed by atoms with Crippen LogP contribution in [-0.2, 0) is 11.8 Å². The van der Waals surface area contributed by atoms with Crippen LogP contribution >= 0.6 is 0 Å². The molecule has 3 aliphatic heterocycles. The molecule has 4 heterocycles. The van der Waals surface area contributed by atoms with Crippen LogP contribution in [0.1, 0.15) is 71.9 Å². The van der Waals surface area contributed by atoms with E-state index in [2.05, 4.69) is 136 Å². The largest absolute Gasteiger partial charge is 0.496 e. The van der Waals surface area contributed by atoms with Crippen LogP contribution in [0.2, 0.25) is 0 Å². The number of amidine groups is 1. The van der Waals surface area contributed by atoms with Crippen molar-refractivity contribution in [3.63, 3.8) is 0 Å². The number of aromatic nitrogens is 1. The lowest BCUT2D eigenvalue weighted by molar-refractivity contribution is 0.346. The third kappa shape index (κ3) is 6.82. The van der Waals surface area contributed by atoms with Crippen molar-refractivity contribution < 1.29 is 8.63 Å². The van der Waals surface area contributed by atoms with E-state index in [1.54, 1.807) is 15.8 Å². The molecular formula is C58H50B2F2N6. The number of allylic oxidation sites excluding steroid dienone is 3. The van der Waals surface area contributed by atoms with Gasteiger partial charge in [0.25, 0.3) is 0 Å². The second-order valence-electron chi connectivity index (χ2n) is 18.8. The Morgan fingerprint density at radius 2 is 1.43 bits per heavy atom. The topological polar surface area (TPSA) is 38.2 Å². The average Bonchev–Trinajstić information content (AvgIpc) is 3.90. The molecular weight excluding hydrogens is 840 g/mol. The standard InChI is InChI=1S/C58H50B2F2N6/c1-65-37-41(38-13-5-3-6-14-38)24-33-53(65)64-56-48-17-11-15-46-44(29-31-50(54(46)48)67(56)59-61)39-20-25-42(26-21-39)58(34-8-4-9-35-58)43-27-22-40(23-28-43)45-30-32-51-55-47(45)16-12-18-49(55)57(68(51)60-62)66(2)52-19-7-10-36-63-52/h3,5-7,10-11,13-15,17-33,36-37,53,57H,4,8-9,12,16,34-35H2,1-2H3. The molecule has 1 saturated carbocycles. The number of rotatable bonds is 10. The molecule has 6 nitrogen and oxygen atoms in total. The molecule has 6 aromatic carbocycles. The minimum Gasteiger partial charge on any atom is -0.365 e. The van der Waals surface area contributed by atoms with Crippen molar-refractivity contribution in [2.45, 2.75) is 62.7 Å². The molecule has 10 heteroatoms. The third-order valence-corrected chi connectivity index (χ3v) is 15.3. The summed E-state index contributed by atoms with van der Waals surface area (Å²) in [6.45, 7) is 0. The fraction of sp³-hybridized carbons (Fsp3) is 0.207. The van der Waals surface area contributed by atoms with Crippen molar-refractivity contribution in [1.82, 2.24) is 9.88 Å². The fourth-order valence-corrected chi connectivity index (χ4v) is 11.9. The van der Waals surface area contributed by atoms with Crippen molar-refractivity contribution in [2.75, 3.05) is 28.6 Å². The molecule has 0 amide bonds. The Kier molecular flexibility index (Phi) is 10.6. The monoisotopic (exact) mass is 890 g/mol. The normalized spacial score (nSPS) is 19.5. The van der Waals surface area contributed by atoms with E-state index in [4.69, 9.17) is 4.99 Å². The summed E-state index contributed by atoms with van der Waals surface area (Å²) in [5, 5.41) is 2.08. The molecule has 1 fully saturated rings. The van der Waals surface area contributed by atoms with Gasteiger partial charge in [0.15, 0.2) is 0 Å². The van der Waals surface area contributed by atoms with Gasteiger partial charge in [0.05, 0.1) is 0 Å². The zero-order valence-corrected chi connectivity index (χ0v) is 38.4. The third-order valence-electron chi connectivity index (χ3n) is 15.3. The summed E-state index contributed by atoms with van der Waals surface area (Å²) in [5.74, 6) is 1.40. The van der Waals surface area contributed by atoms with E-state index < -0.39 is 0 Å². The van der Waals surface area contributed by atoms with Gasteiger partial charge in [-0.05, 0) is 117 Å². The van der Waals surface area contributed by atoms with Crippen LogP contribution in [0.4, 0.5) is 25.8 Å². The molecule has 0 saturated heterocycles. The molecule has 2 radical (unpaired) electrons. The molecule has 2 unspecified atom stereocenters. The molecule has 2 atom stereocenters. The Morgan fingerprint density at radius 1 is 0.706 bits per heavy atom. The highest BCUT2D eigenvalue weighted by atomic mass is 19.1. The van der Waals surface area contributed by atoms with Crippen molar-refractivity contribution in [2.24, 2.45) is 4.99 Å². The van der Waals surface area contributed by atoms with Crippen LogP contribution in [0, 0.1) is 0 Å². The van der Waals surface area contributed by atoms with Gasteiger partial charge in [0.2, 0.25) is 0 Å². The molecule has 7 aromatic rings. The van der Waals surface area contributed by atoms with E-state index in [-0.39, 0.29) is 17.7 Å². The highest BCUT2D eigenvalue weighted by molar-refractivity contribution is 6.50. The Balaban J connectivity index is 0.840. The number of anilines is 3. The second kappa shape index (κ2) is 17.2. The number of pyridine rings is 1. The van der Waals surface area contributed by atoms with Gasteiger partial charge in [0, 0.05) is 59.8 Å². The van der Waals surface area contributed by atoms with Crippen molar-refractivity contribution in [3.05, 3.63) is 204 Å². The highest BCUT2D eigenvalue weighted by Crippen LogP contribution is 2.51. The zero-order chi connectivity index (χ0) is 45.9. The molecule has 0 bridgehead atoms. The summed E-state index contributed by atoms with van der Waals surface area (Å²) in [6.07, 6.45) is 17.4. The second-order valence-corrected chi connectivity index (χ2v) is 18.8. The predicted molar refractivity (Wildman–Crippen MR) is 278 cm³/mol. The molecule has 2 aliphatic carbocycles. The van der Waals surface area contributed by atoms with Crippen LogP contribution in [0.15, 0.2) is 175 Å². The quantitative estimate of drug-likeness (QED) is 0.128. The van der Waals surface area contributed by atoms with Crippen LogP contribution in [0.25, 0.3) is 44.2 Å². The van der Waals surface area contributed by atoms with Crippen LogP contribution < -0.4 is 14.5 Å². The lowest BCUT2D eigenvalue weighted by Gasteiger charge is -2.39. The first-order chi connectivity index (χ1) is 33.5. The van der Waals surface area contributed by atoms with Gasteiger partial charge in [0.1, 0.15) is 24.0 Å². The van der Waals surface area contributed by atoms with Crippen LogP contribution in [0.5, 0.6) is 0 Å². The molecule has 332 valence electrons. The van der Waals surface area contributed by atoms with Gasteiger partial charge in [-0.1, -0.05) is 147 Å². The molecule has 12 rings (SSSR count). The summed E-state index contributed by atoms with van der Waals surface area (Å²) >= 11 is 0. The number of hydrogen-bond donors (Lipinski definition) is 0. The first kappa shape index (κ1) is 42.2. The van der Waals surface area contributed by atoms with E-state index in [1.165, 1.54) is 47.1 Å². The van der Waals surface area contributed by atoms with E-state index in [1.807, 2.05) is 56.6 Å². The van der Waals surface area contributed by atoms with Gasteiger partial charge in [-0.15, -0.1) is 0 Å². The number of benzene rings is 6. The zero-order valence-electron chi connectivity index (χ0n) is 38.4. The Hall–Kier alpha value is -7.19. The van der Waals surface area contributed by atoms with Gasteiger partial charge >= 0.3 is 15.4 Å². The Labute approximate surface area is 399 Å². The Bertz CT molecular complexity index is 3180. The first-order valence-corrected chi connectivity index (χ1v) is 23.9. The Morgan fingerprint density at radius 3 is 2.13 bits per heavy atom. The molecule has 1 aromatic heterocycles. The van der Waals surface area contributed by atoms with Crippen molar-refractivity contribution in [1.29, 1.82) is 0 Å². The van der Waals surface area contributed by atoms with E-state index in [9.17, 15) is 8.63 Å². The molecule has 68 heavy (non-hydrogen) atoms. The average molecular weight is 891 g/mol. The minimum atomic E-state index is -0.312. The number of aliphatic imine (C=N–C) groups is 1. The summed E-state index contributed by atoms with van der Waals surface area (Å²) in [5.41, 5.74) is 15.7. The van der Waals surface area contributed by atoms with Crippen LogP contribution in [-0.4, -0.2) is 57.5 Å². The summed E-state index contributed by atoms with van der Waals surface area (Å²) in [6, 6.07) is 49.5. The van der Waals surface area contributed by atoms with Gasteiger partial charge in [-0.2, -0.15) is 0 Å². The smallest absolute Gasteiger partial charge is 0.365 e. The highest BCUT2D eigenvalue weighted by Gasteiger charge is 2.41. The number of likely N-dealkylation sites (N-methyl/N-ethyl adjacent to an activating group) is 2. The van der Waals surface area contributed by atoms with Gasteiger partial charge < -0.3 is 28.1 Å². The number of nitrogens with zero attached hydrogens (tertiary/aromatic N) is 6. The molecule has 5 aliphatic rings. The predicted octanol–water partition coefficient (Wildman–Crippen LogP) is 12.9. The number of halogens is 2. The van der Waals surface area contributed by atoms with E-state index in [0.29, 0.717) is 13.5 Å². The lowest BCUT2D eigenvalue weighted by Crippen LogP contribution is -2.46. The maximum Gasteiger partial charge on any atom is 0.496 e. The summed E-state index contributed by atoms with van der Waals surface area (Å²) < 4.78 is 29.8. The van der Waals surface area contributed by atoms with Crippen molar-refractivity contribution in [3.8, 4) is 22.3 Å². The maximum absolute atomic E-state index is 15.0. The van der Waals surface area contributed by atoms with E-state index in [0.717, 1.165) is 100 Å². The van der Waals surface area contributed by atoms with Crippen molar-refractivity contribution >= 4 is 60.3 Å². The first-order valence-electron chi connectivity index (χ1n) is 23.9. The maximum atomic E-state index is 15.0. The molecule has 0 spiro atoms. The SMILES string of the molecule is CN1C=C(c2ccccc2)C=CC1N=C1c2cccc3c(-c4ccc(C5(c6ccc(-c7ccc8c9c7CCC=C9C(N(C)c7ccccn7)N8[B]F)cc6)CCCCC5)cc4)ccc(c23)N1[B]F. The van der Waals surface area contributed by atoms with Gasteiger partial charge in [-0.3, -0.25) is 0 Å². The summed E-state index contributed by atoms with van der Waals surface area (Å²) in [4.78, 5) is 17.2. The minimum absolute atomic E-state index is 0.0965. The fourth-order valence-electron chi connectivity index (χ4n) is 11.9. The summed E-state index contributed by atoms with van der Waals surface area (Å²) in [7, 11) is 5.37. The lowest BCUT2D eigenvalue weighted by atomic mass is 9.65. The van der Waals surface area contributed by atoms with Crippen LogP contribution in [0.3, 0.4) is 0 Å².